The molecule has 4 heteroatoms. The van der Waals surface area contributed by atoms with Gasteiger partial charge in [-0.25, -0.2) is 4.79 Å². The maximum Gasteiger partial charge on any atom is 0.338 e. The van der Waals surface area contributed by atoms with Crippen LogP contribution in [0.2, 0.25) is 0 Å². The Labute approximate surface area is 217 Å². The van der Waals surface area contributed by atoms with Gasteiger partial charge in [-0.2, -0.15) is 0 Å². The van der Waals surface area contributed by atoms with Gasteiger partial charge in [0.2, 0.25) is 0 Å². The van der Waals surface area contributed by atoms with Crippen molar-refractivity contribution in [2.45, 2.75) is 97.0 Å². The lowest BCUT2D eigenvalue weighted by atomic mass is 9.92. The average molecular weight is 493 g/mol. The summed E-state index contributed by atoms with van der Waals surface area (Å²) in [5.41, 5.74) is 2.56. The van der Waals surface area contributed by atoms with Crippen molar-refractivity contribution in [3.05, 3.63) is 71.3 Å². The summed E-state index contributed by atoms with van der Waals surface area (Å²) in [6.45, 7) is 4.05. The van der Waals surface area contributed by atoms with Crippen LogP contribution in [0, 0.1) is 11.8 Å². The second-order valence-corrected chi connectivity index (χ2v) is 10.1. The highest BCUT2D eigenvalue weighted by atomic mass is 16.5. The number of hydrogen-bond acceptors (Lipinski definition) is 4. The Morgan fingerprint density at radius 3 is 2.11 bits per heavy atom. The zero-order valence-corrected chi connectivity index (χ0v) is 22.2. The molecule has 0 spiro atoms. The molecule has 0 heterocycles. The molecule has 2 rings (SSSR count). The van der Waals surface area contributed by atoms with E-state index in [1.165, 1.54) is 38.5 Å². The molecule has 0 bridgehead atoms. The molecule has 3 unspecified atom stereocenters. The predicted octanol–water partition coefficient (Wildman–Crippen LogP) is 7.76. The quantitative estimate of drug-likeness (QED) is 0.114. The number of ether oxygens (including phenoxy) is 1. The largest absolute Gasteiger partial charge is 0.459 e. The molecule has 2 aromatic carbocycles. The Bertz CT molecular complexity index is 892. The molecule has 0 aliphatic rings. The minimum atomic E-state index is -0.466. The lowest BCUT2D eigenvalue weighted by Gasteiger charge is -2.23. The number of carbonyl (C=O) groups excluding carboxylic acids is 3. The summed E-state index contributed by atoms with van der Waals surface area (Å²) < 4.78 is 5.95. The molecule has 0 fully saturated rings. The Morgan fingerprint density at radius 2 is 1.44 bits per heavy atom. The van der Waals surface area contributed by atoms with Crippen LogP contribution in [0.5, 0.6) is 0 Å². The van der Waals surface area contributed by atoms with E-state index in [0.29, 0.717) is 24.8 Å². The third-order valence-electron chi connectivity index (χ3n) is 6.80. The molecule has 0 saturated heterocycles. The number of rotatable bonds is 19. The van der Waals surface area contributed by atoms with Gasteiger partial charge in [0.1, 0.15) is 18.7 Å². The van der Waals surface area contributed by atoms with Gasteiger partial charge in [-0.1, -0.05) is 114 Å². The van der Waals surface area contributed by atoms with Crippen LogP contribution in [0.4, 0.5) is 0 Å². The van der Waals surface area contributed by atoms with E-state index in [2.05, 4.69) is 6.92 Å². The summed E-state index contributed by atoms with van der Waals surface area (Å²) in [6.07, 6.45) is 13.5. The van der Waals surface area contributed by atoms with Crippen molar-refractivity contribution in [2.24, 2.45) is 11.8 Å². The van der Waals surface area contributed by atoms with Crippen LogP contribution in [-0.2, 0) is 20.7 Å². The zero-order chi connectivity index (χ0) is 26.0. The third-order valence-corrected chi connectivity index (χ3v) is 6.80. The lowest BCUT2D eigenvalue weighted by Crippen LogP contribution is -2.25. The molecule has 0 saturated carbocycles. The fourth-order valence-electron chi connectivity index (χ4n) is 4.69. The Hall–Kier alpha value is -2.75. The molecular formula is C32H44O4. The van der Waals surface area contributed by atoms with E-state index in [-0.39, 0.29) is 17.8 Å². The first-order valence-electron chi connectivity index (χ1n) is 13.8. The van der Waals surface area contributed by atoms with E-state index in [0.717, 1.165) is 43.0 Å². The average Bonchev–Trinajstić information content (AvgIpc) is 2.90. The van der Waals surface area contributed by atoms with E-state index in [9.17, 15) is 14.4 Å². The van der Waals surface area contributed by atoms with Gasteiger partial charge in [0, 0.05) is 11.8 Å². The van der Waals surface area contributed by atoms with Gasteiger partial charge in [0.05, 0.1) is 5.56 Å². The van der Waals surface area contributed by atoms with Crippen molar-refractivity contribution >= 4 is 18.5 Å². The van der Waals surface area contributed by atoms with Gasteiger partial charge in [-0.05, 0) is 42.9 Å². The first-order valence-corrected chi connectivity index (χ1v) is 13.8. The molecule has 0 aliphatic carbocycles. The van der Waals surface area contributed by atoms with Gasteiger partial charge >= 0.3 is 5.97 Å². The fourth-order valence-corrected chi connectivity index (χ4v) is 4.69. The molecule has 0 radical (unpaired) electrons. The summed E-state index contributed by atoms with van der Waals surface area (Å²) in [6, 6.07) is 17.5. The van der Waals surface area contributed by atoms with Crippen molar-refractivity contribution < 1.29 is 19.1 Å². The lowest BCUT2D eigenvalue weighted by molar-refractivity contribution is -0.113. The van der Waals surface area contributed by atoms with Crippen molar-refractivity contribution in [3.63, 3.8) is 0 Å². The second kappa shape index (κ2) is 17.6. The topological polar surface area (TPSA) is 60.4 Å². The summed E-state index contributed by atoms with van der Waals surface area (Å²) in [5.74, 6) is -0.791. The number of hydrogen-bond donors (Lipinski definition) is 0. The summed E-state index contributed by atoms with van der Waals surface area (Å²) >= 11 is 0. The standard InChI is InChI=1S/C32H44O4/c1-3-4-5-6-7-8-9-11-18-28(25-34)23-30(21-26(2)24-33)36-32(35)31-20-15-14-19-29(31)22-27-16-12-10-13-17-27/h10,12-17,19-20,24-26,28,30H,3-9,11,18,21-23H2,1-2H3. The monoisotopic (exact) mass is 492 g/mol. The van der Waals surface area contributed by atoms with Crippen LogP contribution in [0.25, 0.3) is 0 Å². The van der Waals surface area contributed by atoms with Crippen LogP contribution < -0.4 is 0 Å². The van der Waals surface area contributed by atoms with E-state index in [1.807, 2.05) is 55.5 Å². The Balaban J connectivity index is 1.96. The molecule has 0 N–H and O–H groups in total. The van der Waals surface area contributed by atoms with Gasteiger partial charge in [0.25, 0.3) is 0 Å². The molecule has 0 aliphatic heterocycles. The molecule has 196 valence electrons. The minimum absolute atomic E-state index is 0.165. The fraction of sp³-hybridized carbons (Fsp3) is 0.531. The van der Waals surface area contributed by atoms with Crippen molar-refractivity contribution in [2.75, 3.05) is 0 Å². The Kier molecular flexibility index (Phi) is 14.4. The number of carbonyl (C=O) groups is 3. The number of esters is 1. The van der Waals surface area contributed by atoms with Gasteiger partial charge in [-0.15, -0.1) is 0 Å². The van der Waals surface area contributed by atoms with E-state index >= 15 is 0 Å². The highest BCUT2D eigenvalue weighted by Crippen LogP contribution is 2.23. The van der Waals surface area contributed by atoms with Crippen LogP contribution >= 0.6 is 0 Å². The normalized spacial score (nSPS) is 13.5. The van der Waals surface area contributed by atoms with Crippen LogP contribution in [0.3, 0.4) is 0 Å². The summed E-state index contributed by atoms with van der Waals surface area (Å²) in [5, 5.41) is 0. The second-order valence-electron chi connectivity index (χ2n) is 10.1. The number of aldehydes is 2. The van der Waals surface area contributed by atoms with E-state index in [4.69, 9.17) is 4.74 Å². The van der Waals surface area contributed by atoms with Crippen LogP contribution in [0.1, 0.15) is 106 Å². The minimum Gasteiger partial charge on any atom is -0.459 e. The number of unbranched alkanes of at least 4 members (excludes halogenated alkanes) is 7. The molecule has 3 atom stereocenters. The van der Waals surface area contributed by atoms with Crippen molar-refractivity contribution in [1.29, 1.82) is 0 Å². The van der Waals surface area contributed by atoms with E-state index < -0.39 is 6.10 Å². The maximum atomic E-state index is 13.2. The summed E-state index contributed by atoms with van der Waals surface area (Å²) in [4.78, 5) is 36.4. The van der Waals surface area contributed by atoms with Gasteiger partial charge in [0.15, 0.2) is 0 Å². The molecular weight excluding hydrogens is 448 g/mol. The molecule has 36 heavy (non-hydrogen) atoms. The highest BCUT2D eigenvalue weighted by molar-refractivity contribution is 5.91. The molecule has 0 aromatic heterocycles. The first kappa shape index (κ1) is 29.5. The zero-order valence-electron chi connectivity index (χ0n) is 22.2. The smallest absolute Gasteiger partial charge is 0.338 e. The predicted molar refractivity (Wildman–Crippen MR) is 146 cm³/mol. The first-order chi connectivity index (χ1) is 17.6. The maximum absolute atomic E-state index is 13.2. The van der Waals surface area contributed by atoms with Crippen LogP contribution in [-0.4, -0.2) is 24.6 Å². The molecule has 4 nitrogen and oxygen atoms in total. The van der Waals surface area contributed by atoms with Gasteiger partial charge in [-0.3, -0.25) is 0 Å². The van der Waals surface area contributed by atoms with E-state index in [1.54, 1.807) is 6.07 Å². The molecule has 2 aromatic rings. The van der Waals surface area contributed by atoms with Crippen molar-refractivity contribution in [3.8, 4) is 0 Å². The third kappa shape index (κ3) is 11.3. The molecule has 0 amide bonds. The Morgan fingerprint density at radius 1 is 0.806 bits per heavy atom. The highest BCUT2D eigenvalue weighted by Gasteiger charge is 2.24. The summed E-state index contributed by atoms with van der Waals surface area (Å²) in [7, 11) is 0. The SMILES string of the molecule is CCCCCCCCCCC(C=O)CC(CC(C)C=O)OC(=O)c1ccccc1Cc1ccccc1. The number of benzene rings is 2. The van der Waals surface area contributed by atoms with Crippen LogP contribution in [0.15, 0.2) is 54.6 Å². The van der Waals surface area contributed by atoms with Gasteiger partial charge < -0.3 is 14.3 Å². The van der Waals surface area contributed by atoms with Crippen molar-refractivity contribution in [1.82, 2.24) is 0 Å².